The van der Waals surface area contributed by atoms with Gasteiger partial charge in [0.1, 0.15) is 11.7 Å². The highest BCUT2D eigenvalue weighted by molar-refractivity contribution is 6.08. The van der Waals surface area contributed by atoms with Gasteiger partial charge < -0.3 is 9.84 Å². The van der Waals surface area contributed by atoms with Crippen molar-refractivity contribution in [2.75, 3.05) is 0 Å². The highest BCUT2D eigenvalue weighted by atomic mass is 16.6. The fraction of sp³-hybridized carbons (Fsp3) is 0.706. The summed E-state index contributed by atoms with van der Waals surface area (Å²) in [5.41, 5.74) is -2.17. The highest BCUT2D eigenvalue weighted by Crippen LogP contribution is 2.57. The van der Waals surface area contributed by atoms with Crippen LogP contribution in [0.25, 0.3) is 0 Å². The van der Waals surface area contributed by atoms with E-state index in [0.29, 0.717) is 5.57 Å². The van der Waals surface area contributed by atoms with Gasteiger partial charge in [0.25, 0.3) is 0 Å². The van der Waals surface area contributed by atoms with E-state index in [1.54, 1.807) is 12.2 Å². The van der Waals surface area contributed by atoms with Crippen LogP contribution >= 0.6 is 0 Å². The number of aliphatic hydroxyl groups is 1. The third-order valence-corrected chi connectivity index (χ3v) is 4.43. The second kappa shape index (κ2) is 4.05. The Morgan fingerprint density at radius 1 is 1.25 bits per heavy atom. The van der Waals surface area contributed by atoms with Crippen LogP contribution in [0.1, 0.15) is 48.5 Å². The zero-order chi connectivity index (χ0) is 15.6. The third kappa shape index (κ3) is 1.91. The average molecular weight is 278 g/mol. The Balaban J connectivity index is 2.63. The lowest BCUT2D eigenvalue weighted by Gasteiger charge is -2.42. The van der Waals surface area contributed by atoms with E-state index in [9.17, 15) is 9.90 Å². The molecule has 0 aromatic carbocycles. The smallest absolute Gasteiger partial charge is 0.197 e. The Kier molecular flexibility index (Phi) is 3.13. The Labute approximate surface area is 121 Å². The molecule has 3 heteroatoms. The summed E-state index contributed by atoms with van der Waals surface area (Å²) in [5.74, 6) is -0.0120. The van der Waals surface area contributed by atoms with Gasteiger partial charge in [-0.25, -0.2) is 0 Å². The number of hydrogen-bond donors (Lipinski definition) is 1. The van der Waals surface area contributed by atoms with E-state index in [4.69, 9.17) is 4.74 Å². The zero-order valence-corrected chi connectivity index (χ0v) is 13.6. The summed E-state index contributed by atoms with van der Waals surface area (Å²) >= 11 is 0. The monoisotopic (exact) mass is 278 g/mol. The van der Waals surface area contributed by atoms with Gasteiger partial charge in [-0.3, -0.25) is 4.79 Å². The minimum Gasteiger partial charge on any atom is -0.382 e. The molecule has 0 spiro atoms. The van der Waals surface area contributed by atoms with Gasteiger partial charge in [0.2, 0.25) is 0 Å². The van der Waals surface area contributed by atoms with Gasteiger partial charge in [-0.15, -0.1) is 0 Å². The maximum absolute atomic E-state index is 12.8. The molecule has 0 aromatic rings. The number of rotatable bonds is 1. The normalized spacial score (nSPS) is 37.9. The average Bonchev–Trinajstić information content (AvgIpc) is 2.98. The second-order valence-corrected chi connectivity index (χ2v) is 8.00. The van der Waals surface area contributed by atoms with Gasteiger partial charge >= 0.3 is 0 Å². The van der Waals surface area contributed by atoms with E-state index in [2.05, 4.69) is 0 Å². The van der Waals surface area contributed by atoms with Crippen molar-refractivity contribution >= 4 is 5.78 Å². The van der Waals surface area contributed by atoms with E-state index in [1.807, 2.05) is 54.5 Å². The standard InChI is InChI=1S/C17H26O3/c1-8-9-16-12(18)11(14(2,3)4)10-17(19,13(16)20-16)15(5,6)7/h8-10,13,19H,1-7H3/b9-8+. The first-order valence-electron chi connectivity index (χ1n) is 7.22. The van der Waals surface area contributed by atoms with Crippen LogP contribution in [0.2, 0.25) is 0 Å². The summed E-state index contributed by atoms with van der Waals surface area (Å²) in [6.45, 7) is 13.8. The van der Waals surface area contributed by atoms with Gasteiger partial charge in [-0.1, -0.05) is 47.6 Å². The van der Waals surface area contributed by atoms with Crippen molar-refractivity contribution in [2.24, 2.45) is 10.8 Å². The number of Topliss-reactive ketones (excluding diaryl/α,β-unsaturated/α-hetero) is 1. The first kappa shape index (κ1) is 15.5. The van der Waals surface area contributed by atoms with Gasteiger partial charge in [0.05, 0.1) is 0 Å². The summed E-state index contributed by atoms with van der Waals surface area (Å²) in [4.78, 5) is 12.8. The first-order valence-corrected chi connectivity index (χ1v) is 7.22. The predicted molar refractivity (Wildman–Crippen MR) is 79.4 cm³/mol. The molecule has 3 atom stereocenters. The van der Waals surface area contributed by atoms with Crippen LogP contribution in [0, 0.1) is 10.8 Å². The molecular formula is C17H26O3. The van der Waals surface area contributed by atoms with Crippen molar-refractivity contribution < 1.29 is 14.6 Å². The number of epoxide rings is 1. The van der Waals surface area contributed by atoms with E-state index in [-0.39, 0.29) is 11.2 Å². The molecular weight excluding hydrogens is 252 g/mol. The number of allylic oxidation sites excluding steroid dienone is 1. The second-order valence-electron chi connectivity index (χ2n) is 8.00. The number of ether oxygens (including phenoxy) is 1. The third-order valence-electron chi connectivity index (χ3n) is 4.43. The Morgan fingerprint density at radius 2 is 1.80 bits per heavy atom. The summed E-state index contributed by atoms with van der Waals surface area (Å²) in [6.07, 6.45) is 4.88. The van der Waals surface area contributed by atoms with Crippen LogP contribution in [0.15, 0.2) is 23.8 Å². The summed E-state index contributed by atoms with van der Waals surface area (Å²) in [5, 5.41) is 11.2. The molecule has 20 heavy (non-hydrogen) atoms. The molecule has 1 aliphatic carbocycles. The van der Waals surface area contributed by atoms with Gasteiger partial charge in [0.15, 0.2) is 11.4 Å². The van der Waals surface area contributed by atoms with E-state index in [0.717, 1.165) is 0 Å². The summed E-state index contributed by atoms with van der Waals surface area (Å²) in [6, 6.07) is 0. The number of ketones is 1. The molecule has 0 aromatic heterocycles. The fourth-order valence-corrected chi connectivity index (χ4v) is 2.94. The fourth-order valence-electron chi connectivity index (χ4n) is 2.94. The SMILES string of the molecule is C/C=C/C12OC1C(O)(C(C)(C)C)C=C(C(C)(C)C)C2=O. The molecule has 0 saturated carbocycles. The molecule has 1 aliphatic heterocycles. The van der Waals surface area contributed by atoms with Crippen LogP contribution in [-0.2, 0) is 9.53 Å². The summed E-state index contributed by atoms with van der Waals surface area (Å²) in [7, 11) is 0. The van der Waals surface area contributed by atoms with E-state index >= 15 is 0 Å². The number of fused-ring (bicyclic) bond motifs is 1. The highest BCUT2D eigenvalue weighted by Gasteiger charge is 2.73. The van der Waals surface area contributed by atoms with Crippen LogP contribution in [0.5, 0.6) is 0 Å². The predicted octanol–water partition coefficient (Wildman–Crippen LogP) is 3.03. The molecule has 0 radical (unpaired) electrons. The molecule has 0 amide bonds. The van der Waals surface area contributed by atoms with Crippen LogP contribution in [0.3, 0.4) is 0 Å². The van der Waals surface area contributed by atoms with Crippen molar-refractivity contribution in [2.45, 2.75) is 65.8 Å². The molecule has 0 bridgehead atoms. The molecule has 1 fully saturated rings. The first-order chi connectivity index (χ1) is 8.90. The lowest BCUT2D eigenvalue weighted by atomic mass is 9.63. The summed E-state index contributed by atoms with van der Waals surface area (Å²) < 4.78 is 5.75. The number of carbonyl (C=O) groups is 1. The van der Waals surface area contributed by atoms with Crippen molar-refractivity contribution in [1.29, 1.82) is 0 Å². The number of hydrogen-bond acceptors (Lipinski definition) is 3. The molecule has 3 nitrogen and oxygen atoms in total. The van der Waals surface area contributed by atoms with Crippen molar-refractivity contribution in [3.8, 4) is 0 Å². The van der Waals surface area contributed by atoms with Gasteiger partial charge in [-0.2, -0.15) is 0 Å². The number of carbonyl (C=O) groups excluding carboxylic acids is 1. The van der Waals surface area contributed by atoms with Crippen molar-refractivity contribution in [3.05, 3.63) is 23.8 Å². The molecule has 1 saturated heterocycles. The molecule has 2 aliphatic rings. The van der Waals surface area contributed by atoms with Gasteiger partial charge in [-0.05, 0) is 29.9 Å². The molecule has 112 valence electrons. The van der Waals surface area contributed by atoms with E-state index < -0.39 is 22.7 Å². The quantitative estimate of drug-likeness (QED) is 0.592. The lowest BCUT2D eigenvalue weighted by Crippen LogP contribution is -2.54. The topological polar surface area (TPSA) is 49.8 Å². The maximum Gasteiger partial charge on any atom is 0.197 e. The molecule has 3 unspecified atom stereocenters. The van der Waals surface area contributed by atoms with Crippen LogP contribution in [0.4, 0.5) is 0 Å². The lowest BCUT2D eigenvalue weighted by molar-refractivity contribution is -0.121. The van der Waals surface area contributed by atoms with Crippen LogP contribution < -0.4 is 0 Å². The van der Waals surface area contributed by atoms with Crippen LogP contribution in [-0.4, -0.2) is 28.2 Å². The Bertz CT molecular complexity index is 501. The van der Waals surface area contributed by atoms with E-state index in [1.165, 1.54) is 0 Å². The Morgan fingerprint density at radius 3 is 2.20 bits per heavy atom. The molecule has 1 heterocycles. The maximum atomic E-state index is 12.8. The molecule has 1 N–H and O–H groups in total. The zero-order valence-electron chi connectivity index (χ0n) is 13.6. The Hall–Kier alpha value is -0.930. The van der Waals surface area contributed by atoms with Crippen molar-refractivity contribution in [3.63, 3.8) is 0 Å². The largest absolute Gasteiger partial charge is 0.382 e. The van der Waals surface area contributed by atoms with Crippen molar-refractivity contribution in [1.82, 2.24) is 0 Å². The minimum atomic E-state index is -1.14. The molecule has 2 rings (SSSR count). The van der Waals surface area contributed by atoms with Gasteiger partial charge in [0, 0.05) is 5.57 Å². The minimum absolute atomic E-state index is 0.0120.